The third kappa shape index (κ3) is 4.42. The topological polar surface area (TPSA) is 55.4 Å². The van der Waals surface area contributed by atoms with Crippen LogP contribution in [-0.2, 0) is 21.3 Å². The molecule has 0 atom stereocenters. The fourth-order valence-electron chi connectivity index (χ4n) is 1.68. The van der Waals surface area contributed by atoms with Crippen LogP contribution in [-0.4, -0.2) is 27.9 Å². The van der Waals surface area contributed by atoms with Gasteiger partial charge in [-0.25, -0.2) is 13.1 Å². The Hall–Kier alpha value is -1.21. The molecule has 0 aliphatic rings. The Morgan fingerprint density at radius 3 is 2.60 bits per heavy atom. The molecule has 1 aromatic carbocycles. The van der Waals surface area contributed by atoms with Crippen molar-refractivity contribution in [3.8, 4) is 10.4 Å². The summed E-state index contributed by atoms with van der Waals surface area (Å²) in [4.78, 5) is 2.13. The lowest BCUT2D eigenvalue weighted by Crippen LogP contribution is -2.27. The third-order valence-corrected chi connectivity index (χ3v) is 5.17. The highest BCUT2D eigenvalue weighted by atomic mass is 32.2. The van der Waals surface area contributed by atoms with E-state index in [0.29, 0.717) is 6.54 Å². The van der Waals surface area contributed by atoms with Crippen LogP contribution in [0.5, 0.6) is 0 Å². The van der Waals surface area contributed by atoms with Crippen molar-refractivity contribution in [1.29, 1.82) is 0 Å². The first-order valence-electron chi connectivity index (χ1n) is 6.21. The van der Waals surface area contributed by atoms with Crippen LogP contribution in [0.4, 0.5) is 0 Å². The van der Waals surface area contributed by atoms with Crippen molar-refractivity contribution < 1.29 is 13.2 Å². The number of hydrogen-bond acceptors (Lipinski definition) is 4. The van der Waals surface area contributed by atoms with Gasteiger partial charge in [0.05, 0.1) is 12.4 Å². The van der Waals surface area contributed by atoms with E-state index in [4.69, 9.17) is 4.74 Å². The van der Waals surface area contributed by atoms with Gasteiger partial charge in [-0.2, -0.15) is 0 Å². The quantitative estimate of drug-likeness (QED) is 0.854. The van der Waals surface area contributed by atoms with Crippen LogP contribution in [0.3, 0.4) is 0 Å². The van der Waals surface area contributed by atoms with Gasteiger partial charge in [0.15, 0.2) is 0 Å². The second-order valence-corrected chi connectivity index (χ2v) is 7.36. The van der Waals surface area contributed by atoms with Crippen LogP contribution in [0.2, 0.25) is 0 Å². The third-order valence-electron chi connectivity index (χ3n) is 2.74. The number of thiophene rings is 1. The average molecular weight is 311 g/mol. The van der Waals surface area contributed by atoms with E-state index in [9.17, 15) is 8.42 Å². The van der Waals surface area contributed by atoms with Crippen molar-refractivity contribution >= 4 is 21.4 Å². The van der Waals surface area contributed by atoms with Gasteiger partial charge >= 0.3 is 0 Å². The Morgan fingerprint density at radius 1 is 1.15 bits per heavy atom. The number of benzene rings is 1. The van der Waals surface area contributed by atoms with Crippen molar-refractivity contribution in [2.45, 2.75) is 6.54 Å². The number of rotatable bonds is 7. The highest BCUT2D eigenvalue weighted by Crippen LogP contribution is 2.27. The van der Waals surface area contributed by atoms with Gasteiger partial charge < -0.3 is 4.74 Å². The summed E-state index contributed by atoms with van der Waals surface area (Å²) in [6, 6.07) is 14.0. The molecule has 6 heteroatoms. The van der Waals surface area contributed by atoms with Crippen molar-refractivity contribution in [3.05, 3.63) is 47.3 Å². The van der Waals surface area contributed by atoms with E-state index in [1.165, 1.54) is 7.11 Å². The van der Waals surface area contributed by atoms with Crippen molar-refractivity contribution in [2.24, 2.45) is 0 Å². The van der Waals surface area contributed by atoms with Crippen LogP contribution < -0.4 is 4.72 Å². The summed E-state index contributed by atoms with van der Waals surface area (Å²) < 4.78 is 30.7. The van der Waals surface area contributed by atoms with Gasteiger partial charge in [-0.3, -0.25) is 0 Å². The number of hydrogen-bond donors (Lipinski definition) is 1. The minimum atomic E-state index is -3.27. The summed E-state index contributed by atoms with van der Waals surface area (Å²) in [5.41, 5.74) is 1.14. The number of ether oxygens (including phenoxy) is 1. The van der Waals surface area contributed by atoms with E-state index < -0.39 is 10.0 Å². The summed E-state index contributed by atoms with van der Waals surface area (Å²) in [7, 11) is -1.78. The van der Waals surface area contributed by atoms with Gasteiger partial charge in [-0.05, 0) is 17.7 Å². The largest absolute Gasteiger partial charge is 0.384 e. The molecule has 2 aromatic rings. The molecule has 4 nitrogen and oxygen atoms in total. The van der Waals surface area contributed by atoms with Gasteiger partial charge in [0.1, 0.15) is 0 Å². The minimum Gasteiger partial charge on any atom is -0.384 e. The number of nitrogens with one attached hydrogen (secondary N) is 1. The molecule has 0 aliphatic heterocycles. The van der Waals surface area contributed by atoms with Gasteiger partial charge in [0.25, 0.3) is 0 Å². The SMILES string of the molecule is COCCS(=O)(=O)NCc1ccc(-c2ccccc2)s1. The predicted molar refractivity (Wildman–Crippen MR) is 82.3 cm³/mol. The molecule has 0 spiro atoms. The second kappa shape index (κ2) is 6.99. The van der Waals surface area contributed by atoms with Crippen LogP contribution in [0.1, 0.15) is 4.88 Å². The van der Waals surface area contributed by atoms with Crippen LogP contribution in [0, 0.1) is 0 Å². The molecule has 108 valence electrons. The molecular weight excluding hydrogens is 294 g/mol. The summed E-state index contributed by atoms with van der Waals surface area (Å²) in [6.07, 6.45) is 0. The van der Waals surface area contributed by atoms with Crippen LogP contribution >= 0.6 is 11.3 Å². The highest BCUT2D eigenvalue weighted by Gasteiger charge is 2.10. The second-order valence-electron chi connectivity index (χ2n) is 4.26. The van der Waals surface area contributed by atoms with E-state index in [1.807, 2.05) is 42.5 Å². The Morgan fingerprint density at radius 2 is 1.90 bits per heavy atom. The fraction of sp³-hybridized carbons (Fsp3) is 0.286. The highest BCUT2D eigenvalue weighted by molar-refractivity contribution is 7.89. The average Bonchev–Trinajstić information content (AvgIpc) is 2.93. The lowest BCUT2D eigenvalue weighted by Gasteiger charge is -2.04. The first-order chi connectivity index (χ1) is 9.61. The van der Waals surface area contributed by atoms with E-state index >= 15 is 0 Å². The molecular formula is C14H17NO3S2. The minimum absolute atomic E-state index is 0.0135. The molecule has 1 heterocycles. The molecule has 0 saturated heterocycles. The van der Waals surface area contributed by atoms with Crippen LogP contribution in [0.25, 0.3) is 10.4 Å². The Balaban J connectivity index is 1.97. The molecule has 1 N–H and O–H groups in total. The Labute approximate surface area is 123 Å². The number of methoxy groups -OCH3 is 1. The van der Waals surface area contributed by atoms with Crippen molar-refractivity contribution in [3.63, 3.8) is 0 Å². The zero-order chi connectivity index (χ0) is 14.4. The Bertz CT molecular complexity index is 635. The Kier molecular flexibility index (Phi) is 5.31. The molecule has 1 aromatic heterocycles. The van der Waals surface area contributed by atoms with Gasteiger partial charge in [0.2, 0.25) is 10.0 Å². The summed E-state index contributed by atoms with van der Waals surface area (Å²) in [5.74, 6) is -0.0135. The normalized spacial score (nSPS) is 11.7. The molecule has 20 heavy (non-hydrogen) atoms. The maximum Gasteiger partial charge on any atom is 0.214 e. The van der Waals surface area contributed by atoms with Crippen molar-refractivity contribution in [2.75, 3.05) is 19.5 Å². The molecule has 0 aliphatic carbocycles. The van der Waals surface area contributed by atoms with Gasteiger partial charge in [-0.15, -0.1) is 11.3 Å². The van der Waals surface area contributed by atoms with Crippen molar-refractivity contribution in [1.82, 2.24) is 4.72 Å². The lowest BCUT2D eigenvalue weighted by atomic mass is 10.2. The van der Waals surface area contributed by atoms with E-state index in [-0.39, 0.29) is 12.4 Å². The first kappa shape index (κ1) is 15.2. The summed E-state index contributed by atoms with van der Waals surface area (Å²) in [6.45, 7) is 0.526. The van der Waals surface area contributed by atoms with E-state index in [1.54, 1.807) is 11.3 Å². The smallest absolute Gasteiger partial charge is 0.214 e. The molecule has 2 rings (SSSR count). The van der Waals surface area contributed by atoms with Gasteiger partial charge in [-0.1, -0.05) is 30.3 Å². The standard InChI is InChI=1S/C14H17NO3S2/c1-18-9-10-20(16,17)15-11-13-7-8-14(19-13)12-5-3-2-4-6-12/h2-8,15H,9-11H2,1H3. The zero-order valence-corrected chi connectivity index (χ0v) is 12.8. The molecule has 0 bridgehead atoms. The summed E-state index contributed by atoms with van der Waals surface area (Å²) in [5, 5.41) is 0. The first-order valence-corrected chi connectivity index (χ1v) is 8.68. The maximum atomic E-state index is 11.7. The lowest BCUT2D eigenvalue weighted by molar-refractivity contribution is 0.217. The molecule has 0 radical (unpaired) electrons. The summed E-state index contributed by atoms with van der Waals surface area (Å²) >= 11 is 1.59. The molecule has 0 unspecified atom stereocenters. The molecule has 0 saturated carbocycles. The molecule has 0 fully saturated rings. The monoisotopic (exact) mass is 311 g/mol. The van der Waals surface area contributed by atoms with E-state index in [2.05, 4.69) is 4.72 Å². The predicted octanol–water partition coefficient (Wildman–Crippen LogP) is 2.48. The maximum absolute atomic E-state index is 11.7. The number of sulfonamides is 1. The fourth-order valence-corrected chi connectivity index (χ4v) is 3.63. The van der Waals surface area contributed by atoms with Gasteiger partial charge in [0, 0.05) is 23.4 Å². The van der Waals surface area contributed by atoms with Crippen LogP contribution in [0.15, 0.2) is 42.5 Å². The molecule has 0 amide bonds. The van der Waals surface area contributed by atoms with E-state index in [0.717, 1.165) is 15.3 Å². The zero-order valence-electron chi connectivity index (χ0n) is 11.2.